The zero-order chi connectivity index (χ0) is 13.8. The van der Waals surface area contributed by atoms with E-state index in [1.165, 1.54) is 0 Å². The molecule has 0 bridgehead atoms. The Morgan fingerprint density at radius 1 is 1.17 bits per heavy atom. The Balaban J connectivity index is 2.44. The van der Waals surface area contributed by atoms with Crippen LogP contribution in [0, 0.1) is 0 Å². The fraction of sp³-hybridized carbons (Fsp3) is 0.692. The smallest absolute Gasteiger partial charge is 0.0987 e. The maximum Gasteiger partial charge on any atom is 0.0987 e. The lowest BCUT2D eigenvalue weighted by atomic mass is 10.1. The lowest BCUT2D eigenvalue weighted by molar-refractivity contribution is 0.0218. The largest absolute Gasteiger partial charge is 0.402 e. The Morgan fingerprint density at radius 3 is 2.17 bits per heavy atom. The third-order valence-corrected chi connectivity index (χ3v) is 2.86. The van der Waals surface area contributed by atoms with E-state index >= 15 is 0 Å². The highest BCUT2D eigenvalue weighted by Crippen LogP contribution is 2.10. The van der Waals surface area contributed by atoms with Crippen LogP contribution in [0.3, 0.4) is 0 Å². The fourth-order valence-corrected chi connectivity index (χ4v) is 2.03. The van der Waals surface area contributed by atoms with E-state index in [0.717, 1.165) is 37.7 Å². The van der Waals surface area contributed by atoms with E-state index in [4.69, 9.17) is 11.5 Å². The molecule has 1 aliphatic heterocycles. The first-order valence-electron chi connectivity index (χ1n) is 6.37. The molecule has 0 radical (unpaired) electrons. The molecule has 0 aromatic carbocycles. The van der Waals surface area contributed by atoms with Crippen LogP contribution in [0.25, 0.3) is 0 Å². The summed E-state index contributed by atoms with van der Waals surface area (Å²) < 4.78 is 0. The van der Waals surface area contributed by atoms with Crippen molar-refractivity contribution in [2.75, 3.05) is 32.7 Å². The molecule has 1 fully saturated rings. The molecule has 5 heteroatoms. The molecule has 0 atom stereocenters. The van der Waals surface area contributed by atoms with E-state index in [1.54, 1.807) is 0 Å². The second-order valence-corrected chi connectivity index (χ2v) is 5.58. The van der Waals surface area contributed by atoms with Gasteiger partial charge in [0.2, 0.25) is 0 Å². The summed E-state index contributed by atoms with van der Waals surface area (Å²) in [4.78, 5) is 4.40. The predicted octanol–water partition coefficient (Wildman–Crippen LogP) is 0.0375. The van der Waals surface area contributed by atoms with Crippen LogP contribution in [0.2, 0.25) is 0 Å². The standard InChI is InChI=1S/C13H26N4O/c1-11(14)4-5-12(15)17-8-6-16(7-9-17)10-13(2,3)18/h4-5,18H,6-10,14-15H2,1-3H3/b11-4-,12-5+. The van der Waals surface area contributed by atoms with Crippen molar-refractivity contribution in [2.45, 2.75) is 26.4 Å². The number of β-amino-alcohol motifs (C(OH)–C–C–N with tert-alkyl or cyclic N) is 1. The van der Waals surface area contributed by atoms with Gasteiger partial charge in [-0.3, -0.25) is 4.90 Å². The molecule has 18 heavy (non-hydrogen) atoms. The molecule has 1 heterocycles. The molecule has 1 saturated heterocycles. The number of hydrogen-bond donors (Lipinski definition) is 3. The molecule has 0 aromatic heterocycles. The second kappa shape index (κ2) is 6.11. The van der Waals surface area contributed by atoms with Crippen LogP contribution in [0.4, 0.5) is 0 Å². The zero-order valence-corrected chi connectivity index (χ0v) is 11.7. The number of piperazine rings is 1. The van der Waals surface area contributed by atoms with Crippen LogP contribution in [-0.2, 0) is 0 Å². The first-order chi connectivity index (χ1) is 8.28. The monoisotopic (exact) mass is 254 g/mol. The summed E-state index contributed by atoms with van der Waals surface area (Å²) in [5.41, 5.74) is 11.7. The van der Waals surface area contributed by atoms with Gasteiger partial charge in [-0.1, -0.05) is 0 Å². The molecule has 104 valence electrons. The number of hydrogen-bond acceptors (Lipinski definition) is 5. The van der Waals surface area contributed by atoms with E-state index in [2.05, 4.69) is 9.80 Å². The Kier molecular flexibility index (Phi) is 5.04. The molecule has 1 rings (SSSR count). The molecular weight excluding hydrogens is 228 g/mol. The normalized spacial score (nSPS) is 20.3. The number of nitrogens with zero attached hydrogens (tertiary/aromatic N) is 2. The van der Waals surface area contributed by atoms with Crippen LogP contribution in [0.15, 0.2) is 23.7 Å². The second-order valence-electron chi connectivity index (χ2n) is 5.58. The predicted molar refractivity (Wildman–Crippen MR) is 74.5 cm³/mol. The van der Waals surface area contributed by atoms with Crippen molar-refractivity contribution in [1.29, 1.82) is 0 Å². The van der Waals surface area contributed by atoms with Gasteiger partial charge in [-0.15, -0.1) is 0 Å². The van der Waals surface area contributed by atoms with Gasteiger partial charge in [-0.2, -0.15) is 0 Å². The molecule has 0 amide bonds. The minimum Gasteiger partial charge on any atom is -0.402 e. The van der Waals surface area contributed by atoms with Gasteiger partial charge < -0.3 is 21.5 Å². The maximum atomic E-state index is 9.78. The fourth-order valence-electron chi connectivity index (χ4n) is 2.03. The van der Waals surface area contributed by atoms with E-state index < -0.39 is 5.60 Å². The number of aliphatic hydroxyl groups is 1. The third-order valence-electron chi connectivity index (χ3n) is 2.86. The SMILES string of the molecule is C/C(N)=C/C=C(\N)N1CCN(CC(C)(C)O)CC1. The van der Waals surface area contributed by atoms with Crippen molar-refractivity contribution in [3.05, 3.63) is 23.7 Å². The quantitative estimate of drug-likeness (QED) is 0.617. The van der Waals surface area contributed by atoms with Gasteiger partial charge in [-0.25, -0.2) is 0 Å². The summed E-state index contributed by atoms with van der Waals surface area (Å²) in [5, 5.41) is 9.78. The minimum atomic E-state index is -0.636. The highest BCUT2D eigenvalue weighted by Gasteiger charge is 2.22. The number of nitrogens with two attached hydrogens (primary N) is 2. The molecule has 5 N–H and O–H groups in total. The summed E-state index contributed by atoms with van der Waals surface area (Å²) in [6, 6.07) is 0. The van der Waals surface area contributed by atoms with Gasteiger partial charge in [0.25, 0.3) is 0 Å². The summed E-state index contributed by atoms with van der Waals surface area (Å²) in [7, 11) is 0. The van der Waals surface area contributed by atoms with Crippen LogP contribution in [-0.4, -0.2) is 53.2 Å². The lowest BCUT2D eigenvalue weighted by Crippen LogP contribution is -2.50. The molecule has 0 saturated carbocycles. The molecule has 5 nitrogen and oxygen atoms in total. The van der Waals surface area contributed by atoms with Crippen LogP contribution >= 0.6 is 0 Å². The Labute approximate surface area is 110 Å². The topological polar surface area (TPSA) is 78.8 Å². The lowest BCUT2D eigenvalue weighted by Gasteiger charge is -2.38. The van der Waals surface area contributed by atoms with E-state index in [-0.39, 0.29) is 0 Å². The summed E-state index contributed by atoms with van der Waals surface area (Å²) >= 11 is 0. The van der Waals surface area contributed by atoms with E-state index in [0.29, 0.717) is 6.54 Å². The highest BCUT2D eigenvalue weighted by molar-refractivity contribution is 5.12. The third kappa shape index (κ3) is 5.42. The van der Waals surface area contributed by atoms with Crippen molar-refractivity contribution in [3.63, 3.8) is 0 Å². The van der Waals surface area contributed by atoms with Crippen LogP contribution < -0.4 is 11.5 Å². The van der Waals surface area contributed by atoms with Crippen molar-refractivity contribution in [3.8, 4) is 0 Å². The van der Waals surface area contributed by atoms with Crippen molar-refractivity contribution >= 4 is 0 Å². The maximum absolute atomic E-state index is 9.78. The molecule has 0 aromatic rings. The van der Waals surface area contributed by atoms with E-state index in [1.807, 2.05) is 32.9 Å². The van der Waals surface area contributed by atoms with Gasteiger partial charge in [-0.05, 0) is 32.9 Å². The number of allylic oxidation sites excluding steroid dienone is 3. The van der Waals surface area contributed by atoms with Crippen LogP contribution in [0.1, 0.15) is 20.8 Å². The Bertz CT molecular complexity index is 318. The van der Waals surface area contributed by atoms with Crippen molar-refractivity contribution < 1.29 is 5.11 Å². The molecular formula is C13H26N4O. The average molecular weight is 254 g/mol. The van der Waals surface area contributed by atoms with Crippen molar-refractivity contribution in [2.24, 2.45) is 11.5 Å². The van der Waals surface area contributed by atoms with Gasteiger partial charge in [0.05, 0.1) is 11.4 Å². The molecule has 0 spiro atoms. The van der Waals surface area contributed by atoms with Crippen molar-refractivity contribution in [1.82, 2.24) is 9.80 Å². The average Bonchev–Trinajstić information content (AvgIpc) is 2.24. The van der Waals surface area contributed by atoms with Gasteiger partial charge in [0, 0.05) is 38.4 Å². The molecule has 0 unspecified atom stereocenters. The van der Waals surface area contributed by atoms with Gasteiger partial charge >= 0.3 is 0 Å². The summed E-state index contributed by atoms with van der Waals surface area (Å²) in [6.45, 7) is 9.82. The van der Waals surface area contributed by atoms with Gasteiger partial charge in [0.15, 0.2) is 0 Å². The van der Waals surface area contributed by atoms with Gasteiger partial charge in [0.1, 0.15) is 0 Å². The molecule has 0 aliphatic carbocycles. The van der Waals surface area contributed by atoms with E-state index in [9.17, 15) is 5.11 Å². The van der Waals surface area contributed by atoms with Crippen LogP contribution in [0.5, 0.6) is 0 Å². The Hall–Kier alpha value is -1.20. The summed E-state index contributed by atoms with van der Waals surface area (Å²) in [6.07, 6.45) is 3.67. The highest BCUT2D eigenvalue weighted by atomic mass is 16.3. The minimum absolute atomic E-state index is 0.636. The first kappa shape index (κ1) is 14.9. The number of rotatable bonds is 4. The molecule has 1 aliphatic rings. The first-order valence-corrected chi connectivity index (χ1v) is 6.37. The summed E-state index contributed by atoms with van der Waals surface area (Å²) in [5.74, 6) is 0.753. The zero-order valence-electron chi connectivity index (χ0n) is 11.7. The Morgan fingerprint density at radius 2 is 1.72 bits per heavy atom.